The molecule has 1 aromatic rings. The van der Waals surface area contributed by atoms with E-state index in [-0.39, 0.29) is 18.3 Å². The fourth-order valence-corrected chi connectivity index (χ4v) is 1.94. The van der Waals surface area contributed by atoms with Gasteiger partial charge in [-0.05, 0) is 39.7 Å². The average molecular weight is 250 g/mol. The predicted molar refractivity (Wildman–Crippen MR) is 72.8 cm³/mol. The Morgan fingerprint density at radius 1 is 1.22 bits per heavy atom. The molecule has 0 aliphatic carbocycles. The molecule has 0 amide bonds. The smallest absolute Gasteiger partial charge is 0.398 e. The summed E-state index contributed by atoms with van der Waals surface area (Å²) in [6.07, 6.45) is 1.99. The van der Waals surface area contributed by atoms with Gasteiger partial charge in [-0.2, -0.15) is 5.10 Å². The number of hydrogen-bond acceptors (Lipinski definition) is 3. The normalized spacial score (nSPS) is 21.8. The van der Waals surface area contributed by atoms with E-state index in [4.69, 9.17) is 9.31 Å². The van der Waals surface area contributed by atoms with E-state index in [1.807, 2.05) is 16.9 Å². The summed E-state index contributed by atoms with van der Waals surface area (Å²) in [5.74, 6) is 0.580. The third-order valence-corrected chi connectivity index (χ3v) is 3.71. The Balaban J connectivity index is 2.12. The van der Waals surface area contributed by atoms with E-state index in [9.17, 15) is 0 Å². The summed E-state index contributed by atoms with van der Waals surface area (Å²) in [6, 6.07) is 1.98. The number of nitrogens with zero attached hydrogens (tertiary/aromatic N) is 2. The minimum atomic E-state index is -0.358. The highest BCUT2D eigenvalue weighted by Crippen LogP contribution is 2.36. The van der Waals surface area contributed by atoms with Gasteiger partial charge in [0, 0.05) is 12.7 Å². The van der Waals surface area contributed by atoms with Crippen molar-refractivity contribution in [1.29, 1.82) is 0 Å². The van der Waals surface area contributed by atoms with E-state index in [0.29, 0.717) is 5.92 Å². The van der Waals surface area contributed by atoms with Crippen LogP contribution in [0.5, 0.6) is 0 Å². The van der Waals surface area contributed by atoms with Crippen LogP contribution in [0.2, 0.25) is 0 Å². The van der Waals surface area contributed by atoms with Crippen LogP contribution in [0.15, 0.2) is 12.3 Å². The molecule has 0 aromatic carbocycles. The first kappa shape index (κ1) is 13.6. The standard InChI is InChI=1S/C13H23BN2O2/c1-10(2)9-16-8-7-11(15-16)14-17-12(3,4)13(5,6)18-14/h7-8,10H,9H2,1-6H3. The molecule has 2 rings (SSSR count). The Hall–Kier alpha value is -0.805. The van der Waals surface area contributed by atoms with Gasteiger partial charge in [0.15, 0.2) is 0 Å². The number of rotatable bonds is 3. The number of hydrogen-bond donors (Lipinski definition) is 0. The summed E-state index contributed by atoms with van der Waals surface area (Å²) < 4.78 is 13.9. The second-order valence-electron chi connectivity index (χ2n) is 6.44. The molecular formula is C13H23BN2O2. The lowest BCUT2D eigenvalue weighted by atomic mass is 9.85. The molecule has 0 atom stereocenters. The van der Waals surface area contributed by atoms with Gasteiger partial charge < -0.3 is 9.31 Å². The largest absolute Gasteiger partial charge is 0.516 e. The Bertz CT molecular complexity index is 410. The first-order valence-electron chi connectivity index (χ1n) is 6.60. The summed E-state index contributed by atoms with van der Waals surface area (Å²) in [5.41, 5.74) is 0.244. The fraction of sp³-hybridized carbons (Fsp3) is 0.769. The molecule has 0 bridgehead atoms. The van der Waals surface area contributed by atoms with Crippen LogP contribution in [0.25, 0.3) is 0 Å². The van der Waals surface area contributed by atoms with Crippen LogP contribution >= 0.6 is 0 Å². The maximum Gasteiger partial charge on any atom is 0.516 e. The zero-order valence-electron chi connectivity index (χ0n) is 12.2. The summed E-state index contributed by atoms with van der Waals surface area (Å²) in [7, 11) is -0.358. The highest BCUT2D eigenvalue weighted by atomic mass is 16.7. The van der Waals surface area contributed by atoms with Gasteiger partial charge in [0.05, 0.1) is 16.8 Å². The van der Waals surface area contributed by atoms with Gasteiger partial charge in [-0.1, -0.05) is 13.8 Å². The maximum atomic E-state index is 5.97. The van der Waals surface area contributed by atoms with E-state index in [1.54, 1.807) is 0 Å². The van der Waals surface area contributed by atoms with E-state index >= 15 is 0 Å². The molecule has 0 radical (unpaired) electrons. The summed E-state index contributed by atoms with van der Waals surface area (Å²) in [6.45, 7) is 13.5. The van der Waals surface area contributed by atoms with Crippen LogP contribution in [-0.2, 0) is 15.9 Å². The fourth-order valence-electron chi connectivity index (χ4n) is 1.94. The minimum Gasteiger partial charge on any atom is -0.398 e. The zero-order chi connectivity index (χ0) is 13.6. The zero-order valence-corrected chi connectivity index (χ0v) is 12.2. The molecule has 0 spiro atoms. The van der Waals surface area contributed by atoms with E-state index < -0.39 is 0 Å². The molecule has 1 fully saturated rings. The molecule has 0 unspecified atom stereocenters. The molecule has 18 heavy (non-hydrogen) atoms. The maximum absolute atomic E-state index is 5.97. The SMILES string of the molecule is CC(C)Cn1ccc(B2OC(C)(C)C(C)(C)O2)n1. The Morgan fingerprint density at radius 2 is 1.78 bits per heavy atom. The van der Waals surface area contributed by atoms with Crippen LogP contribution in [0.4, 0.5) is 0 Å². The van der Waals surface area contributed by atoms with Crippen LogP contribution in [0.3, 0.4) is 0 Å². The lowest BCUT2D eigenvalue weighted by Crippen LogP contribution is -2.41. The molecule has 1 saturated heterocycles. The Kier molecular flexibility index (Phi) is 3.32. The predicted octanol–water partition coefficient (Wildman–Crippen LogP) is 1.84. The van der Waals surface area contributed by atoms with Gasteiger partial charge in [0.2, 0.25) is 0 Å². The van der Waals surface area contributed by atoms with Crippen molar-refractivity contribution < 1.29 is 9.31 Å². The molecule has 0 N–H and O–H groups in total. The molecule has 0 saturated carbocycles. The van der Waals surface area contributed by atoms with Crippen molar-refractivity contribution in [2.45, 2.75) is 59.3 Å². The van der Waals surface area contributed by atoms with Crippen LogP contribution in [0, 0.1) is 5.92 Å². The minimum absolute atomic E-state index is 0.306. The lowest BCUT2D eigenvalue weighted by Gasteiger charge is -2.32. The Morgan fingerprint density at radius 3 is 2.28 bits per heavy atom. The first-order valence-corrected chi connectivity index (χ1v) is 6.60. The van der Waals surface area contributed by atoms with Crippen molar-refractivity contribution in [3.05, 3.63) is 12.3 Å². The van der Waals surface area contributed by atoms with E-state index in [1.165, 1.54) is 0 Å². The Labute approximate surface area is 110 Å². The van der Waals surface area contributed by atoms with Gasteiger partial charge in [-0.25, -0.2) is 0 Å². The molecule has 1 aliphatic heterocycles. The lowest BCUT2D eigenvalue weighted by molar-refractivity contribution is 0.00578. The van der Waals surface area contributed by atoms with Gasteiger partial charge in [0.1, 0.15) is 0 Å². The van der Waals surface area contributed by atoms with Gasteiger partial charge in [-0.15, -0.1) is 0 Å². The van der Waals surface area contributed by atoms with Crippen molar-refractivity contribution in [2.75, 3.05) is 0 Å². The molecule has 5 heteroatoms. The van der Waals surface area contributed by atoms with E-state index in [2.05, 4.69) is 46.6 Å². The molecule has 1 aliphatic rings. The monoisotopic (exact) mass is 250 g/mol. The molecular weight excluding hydrogens is 227 g/mol. The van der Waals surface area contributed by atoms with Crippen LogP contribution < -0.4 is 5.59 Å². The summed E-state index contributed by atoms with van der Waals surface area (Å²) >= 11 is 0. The van der Waals surface area contributed by atoms with Gasteiger partial charge in [-0.3, -0.25) is 4.68 Å². The van der Waals surface area contributed by atoms with Gasteiger partial charge >= 0.3 is 7.12 Å². The topological polar surface area (TPSA) is 36.3 Å². The van der Waals surface area contributed by atoms with Crippen molar-refractivity contribution >= 4 is 12.7 Å². The quantitative estimate of drug-likeness (QED) is 0.768. The van der Waals surface area contributed by atoms with E-state index in [0.717, 1.165) is 12.1 Å². The third kappa shape index (κ3) is 2.47. The molecule has 2 heterocycles. The molecule has 100 valence electrons. The summed E-state index contributed by atoms with van der Waals surface area (Å²) in [5, 5.41) is 4.53. The average Bonchev–Trinajstić information content (AvgIpc) is 2.70. The van der Waals surface area contributed by atoms with Crippen LogP contribution in [0.1, 0.15) is 41.5 Å². The highest BCUT2D eigenvalue weighted by molar-refractivity contribution is 6.61. The second kappa shape index (κ2) is 4.39. The molecule has 1 aromatic heterocycles. The van der Waals surface area contributed by atoms with Crippen molar-refractivity contribution in [2.24, 2.45) is 5.92 Å². The number of aromatic nitrogens is 2. The van der Waals surface area contributed by atoms with Crippen molar-refractivity contribution in [3.63, 3.8) is 0 Å². The second-order valence-corrected chi connectivity index (χ2v) is 6.44. The highest BCUT2D eigenvalue weighted by Gasteiger charge is 2.52. The molecule has 4 nitrogen and oxygen atoms in total. The van der Waals surface area contributed by atoms with Crippen molar-refractivity contribution in [3.8, 4) is 0 Å². The van der Waals surface area contributed by atoms with Gasteiger partial charge in [0.25, 0.3) is 0 Å². The first-order chi connectivity index (χ1) is 8.21. The third-order valence-electron chi connectivity index (χ3n) is 3.71. The van der Waals surface area contributed by atoms with Crippen molar-refractivity contribution in [1.82, 2.24) is 9.78 Å². The van der Waals surface area contributed by atoms with Crippen LogP contribution in [-0.4, -0.2) is 28.1 Å². The summed E-state index contributed by atoms with van der Waals surface area (Å²) in [4.78, 5) is 0.